The number of likely N-dealkylation sites (N-methyl/N-ethyl adjacent to an activating group) is 1. The Bertz CT molecular complexity index is 809. The summed E-state index contributed by atoms with van der Waals surface area (Å²) in [4.78, 5) is 20.9. The first-order valence-electron chi connectivity index (χ1n) is 9.01. The average molecular weight is 377 g/mol. The summed E-state index contributed by atoms with van der Waals surface area (Å²) in [5.41, 5.74) is 0.561. The van der Waals surface area contributed by atoms with Crippen molar-refractivity contribution in [2.45, 2.75) is 19.0 Å². The summed E-state index contributed by atoms with van der Waals surface area (Å²) in [5.74, 6) is -0.963. The van der Waals surface area contributed by atoms with Crippen LogP contribution in [-0.2, 0) is 11.8 Å². The number of carbonyl (C=O) groups excluding carboxylic acids is 1. The van der Waals surface area contributed by atoms with Gasteiger partial charge in [0.2, 0.25) is 5.91 Å². The smallest absolute Gasteiger partial charge is 0.237 e. The van der Waals surface area contributed by atoms with Crippen molar-refractivity contribution in [3.63, 3.8) is 0 Å². The summed E-state index contributed by atoms with van der Waals surface area (Å²) in [5, 5.41) is 3.35. The van der Waals surface area contributed by atoms with E-state index in [9.17, 15) is 13.6 Å². The van der Waals surface area contributed by atoms with E-state index >= 15 is 0 Å². The molecule has 0 bridgehead atoms. The van der Waals surface area contributed by atoms with Gasteiger partial charge in [0, 0.05) is 46.1 Å². The van der Waals surface area contributed by atoms with Crippen molar-refractivity contribution in [1.29, 1.82) is 0 Å². The van der Waals surface area contributed by atoms with Gasteiger partial charge in [-0.05, 0) is 24.6 Å². The molecule has 1 fully saturated rings. The van der Waals surface area contributed by atoms with Gasteiger partial charge in [-0.15, -0.1) is 0 Å². The number of rotatable bonds is 5. The molecule has 2 aromatic rings. The number of piperazine rings is 1. The number of benzene rings is 1. The molecule has 1 N–H and O–H groups in total. The molecule has 1 aliphatic rings. The molecule has 27 heavy (non-hydrogen) atoms. The van der Waals surface area contributed by atoms with E-state index < -0.39 is 11.6 Å². The highest BCUT2D eigenvalue weighted by molar-refractivity contribution is 5.78. The molecule has 2 atom stereocenters. The number of nitrogens with zero attached hydrogens (tertiary/aromatic N) is 4. The molecule has 0 spiro atoms. The normalized spacial score (nSPS) is 19.1. The van der Waals surface area contributed by atoms with Crippen LogP contribution in [0.3, 0.4) is 0 Å². The molecule has 1 aliphatic heterocycles. The number of nitrogens with one attached hydrogen (secondary N) is 1. The van der Waals surface area contributed by atoms with Crippen LogP contribution in [0, 0.1) is 11.6 Å². The maximum Gasteiger partial charge on any atom is 0.237 e. The van der Waals surface area contributed by atoms with E-state index in [4.69, 9.17) is 0 Å². The van der Waals surface area contributed by atoms with Crippen LogP contribution in [0.25, 0.3) is 0 Å². The van der Waals surface area contributed by atoms with Crippen LogP contribution >= 0.6 is 0 Å². The number of aryl methyl sites for hydroxylation is 1. The van der Waals surface area contributed by atoms with Crippen LogP contribution in [0.2, 0.25) is 0 Å². The SMILES string of the molecule is CC(c1ccc(F)c(F)c1)N(C)C(=O)CN1CCNCC1c1nccn1C. The van der Waals surface area contributed by atoms with Crippen molar-refractivity contribution in [1.82, 2.24) is 24.7 Å². The lowest BCUT2D eigenvalue weighted by molar-refractivity contribution is -0.134. The molecule has 1 saturated heterocycles. The summed E-state index contributed by atoms with van der Waals surface area (Å²) in [6, 6.07) is 3.39. The number of hydrogen-bond acceptors (Lipinski definition) is 4. The van der Waals surface area contributed by atoms with Gasteiger partial charge >= 0.3 is 0 Å². The van der Waals surface area contributed by atoms with Crippen molar-refractivity contribution in [2.24, 2.45) is 7.05 Å². The van der Waals surface area contributed by atoms with Gasteiger partial charge in [-0.1, -0.05) is 6.07 Å². The molecular formula is C19H25F2N5O. The van der Waals surface area contributed by atoms with Crippen molar-refractivity contribution in [2.75, 3.05) is 33.2 Å². The molecule has 1 aromatic heterocycles. The van der Waals surface area contributed by atoms with Crippen molar-refractivity contribution in [3.05, 3.63) is 53.6 Å². The first-order valence-corrected chi connectivity index (χ1v) is 9.01. The number of carbonyl (C=O) groups is 1. The van der Waals surface area contributed by atoms with Gasteiger partial charge in [0.25, 0.3) is 0 Å². The molecule has 0 aliphatic carbocycles. The van der Waals surface area contributed by atoms with Gasteiger partial charge in [-0.3, -0.25) is 9.69 Å². The quantitative estimate of drug-likeness (QED) is 0.864. The number of imidazole rings is 1. The first-order chi connectivity index (χ1) is 12.9. The van der Waals surface area contributed by atoms with Crippen LogP contribution in [0.1, 0.15) is 30.4 Å². The lowest BCUT2D eigenvalue weighted by Crippen LogP contribution is -2.50. The van der Waals surface area contributed by atoms with Gasteiger partial charge in [0.05, 0.1) is 18.6 Å². The van der Waals surface area contributed by atoms with Crippen LogP contribution in [0.5, 0.6) is 0 Å². The lowest BCUT2D eigenvalue weighted by Gasteiger charge is -2.36. The highest BCUT2D eigenvalue weighted by Crippen LogP contribution is 2.23. The Morgan fingerprint density at radius 3 is 2.85 bits per heavy atom. The fourth-order valence-corrected chi connectivity index (χ4v) is 3.39. The van der Waals surface area contributed by atoms with Gasteiger partial charge in [-0.2, -0.15) is 0 Å². The van der Waals surface area contributed by atoms with Crippen LogP contribution < -0.4 is 5.32 Å². The van der Waals surface area contributed by atoms with E-state index in [1.54, 1.807) is 25.1 Å². The zero-order chi connectivity index (χ0) is 19.6. The Labute approximate surface area is 157 Å². The second-order valence-corrected chi connectivity index (χ2v) is 6.94. The molecule has 0 radical (unpaired) electrons. The van der Waals surface area contributed by atoms with Crippen LogP contribution in [-0.4, -0.2) is 58.5 Å². The van der Waals surface area contributed by atoms with Crippen LogP contribution in [0.4, 0.5) is 8.78 Å². The zero-order valence-electron chi connectivity index (χ0n) is 15.8. The Balaban J connectivity index is 1.70. The molecule has 0 saturated carbocycles. The van der Waals surface area contributed by atoms with E-state index in [2.05, 4.69) is 15.2 Å². The van der Waals surface area contributed by atoms with Crippen molar-refractivity contribution >= 4 is 5.91 Å². The number of amides is 1. The Hall–Kier alpha value is -2.32. The standard InChI is InChI=1S/C19H25F2N5O/c1-13(14-4-5-15(20)16(21)10-14)25(3)18(27)12-26-9-6-22-11-17(26)19-23-7-8-24(19)2/h4-5,7-8,10,13,17,22H,6,9,11-12H2,1-3H3. The fourth-order valence-electron chi connectivity index (χ4n) is 3.39. The average Bonchev–Trinajstić information content (AvgIpc) is 3.09. The summed E-state index contributed by atoms with van der Waals surface area (Å²) < 4.78 is 28.6. The Morgan fingerprint density at radius 2 is 2.19 bits per heavy atom. The molecule has 146 valence electrons. The molecule has 2 unspecified atom stereocenters. The van der Waals surface area contributed by atoms with Gasteiger partial charge < -0.3 is 14.8 Å². The van der Waals surface area contributed by atoms with Crippen molar-refractivity contribution in [3.8, 4) is 0 Å². The summed E-state index contributed by atoms with van der Waals surface area (Å²) in [6.07, 6.45) is 3.64. The van der Waals surface area contributed by atoms with E-state index in [0.29, 0.717) is 5.56 Å². The van der Waals surface area contributed by atoms with E-state index in [1.165, 1.54) is 6.07 Å². The number of halogens is 2. The minimum atomic E-state index is -0.905. The van der Waals surface area contributed by atoms with E-state index in [1.807, 2.05) is 17.8 Å². The minimum Gasteiger partial charge on any atom is -0.338 e. The van der Waals surface area contributed by atoms with Gasteiger partial charge in [0.15, 0.2) is 11.6 Å². The first kappa shape index (κ1) is 19.4. The maximum absolute atomic E-state index is 13.5. The molecule has 6 nitrogen and oxygen atoms in total. The fraction of sp³-hybridized carbons (Fsp3) is 0.474. The third kappa shape index (κ3) is 4.17. The second-order valence-electron chi connectivity index (χ2n) is 6.94. The molecule has 1 aromatic carbocycles. The molecule has 1 amide bonds. The second kappa shape index (κ2) is 8.14. The van der Waals surface area contributed by atoms with Gasteiger partial charge in [0.1, 0.15) is 5.82 Å². The predicted molar refractivity (Wildman–Crippen MR) is 97.9 cm³/mol. The predicted octanol–water partition coefficient (Wildman–Crippen LogP) is 1.86. The molecular weight excluding hydrogens is 352 g/mol. The van der Waals surface area contributed by atoms with Gasteiger partial charge in [-0.25, -0.2) is 13.8 Å². The number of hydrogen-bond donors (Lipinski definition) is 1. The highest BCUT2D eigenvalue weighted by atomic mass is 19.2. The molecule has 3 rings (SSSR count). The largest absolute Gasteiger partial charge is 0.338 e. The monoisotopic (exact) mass is 377 g/mol. The van der Waals surface area contributed by atoms with Crippen molar-refractivity contribution < 1.29 is 13.6 Å². The topological polar surface area (TPSA) is 53.4 Å². The molecule has 2 heterocycles. The summed E-state index contributed by atoms with van der Waals surface area (Å²) in [7, 11) is 3.63. The maximum atomic E-state index is 13.5. The van der Waals surface area contributed by atoms with E-state index in [0.717, 1.165) is 37.6 Å². The highest BCUT2D eigenvalue weighted by Gasteiger charge is 2.30. The summed E-state index contributed by atoms with van der Waals surface area (Å²) in [6.45, 7) is 4.30. The number of aromatic nitrogens is 2. The Morgan fingerprint density at radius 1 is 1.41 bits per heavy atom. The third-order valence-electron chi connectivity index (χ3n) is 5.25. The van der Waals surface area contributed by atoms with Crippen LogP contribution in [0.15, 0.2) is 30.6 Å². The third-order valence-corrected chi connectivity index (χ3v) is 5.25. The summed E-state index contributed by atoms with van der Waals surface area (Å²) >= 11 is 0. The van der Waals surface area contributed by atoms with E-state index in [-0.39, 0.29) is 24.5 Å². The lowest BCUT2D eigenvalue weighted by atomic mass is 10.1. The minimum absolute atomic E-state index is 0.00896. The Kier molecular flexibility index (Phi) is 5.86. The molecule has 8 heteroatoms. The zero-order valence-corrected chi connectivity index (χ0v) is 15.8.